The topological polar surface area (TPSA) is 47.3 Å². The lowest BCUT2D eigenvalue weighted by Crippen LogP contribution is -2.17. The number of aryl methyl sites for hydroxylation is 1. The summed E-state index contributed by atoms with van der Waals surface area (Å²) < 4.78 is 43.5. The summed E-state index contributed by atoms with van der Waals surface area (Å²) in [6.45, 7) is 2.28. The van der Waals surface area contributed by atoms with E-state index in [9.17, 15) is 13.2 Å². The summed E-state index contributed by atoms with van der Waals surface area (Å²) in [5.41, 5.74) is 3.02. The molecule has 0 saturated carbocycles. The predicted molar refractivity (Wildman–Crippen MR) is 102 cm³/mol. The van der Waals surface area contributed by atoms with Gasteiger partial charge in [0.2, 0.25) is 0 Å². The van der Waals surface area contributed by atoms with Crippen molar-refractivity contribution in [3.05, 3.63) is 64.3 Å². The Morgan fingerprint density at radius 3 is 2.68 bits per heavy atom. The van der Waals surface area contributed by atoms with Crippen molar-refractivity contribution < 1.29 is 23.0 Å². The molecular weight excluding hydrogens is 393 g/mol. The SMILES string of the molecule is Cc1cc(Cl)ccc1Cn1nc(C=CCCO)c2ccc(OC(F)(F)F)cc21. The Labute approximate surface area is 164 Å². The molecule has 2 aromatic carbocycles. The minimum atomic E-state index is -4.77. The molecule has 148 valence electrons. The molecule has 0 unspecified atom stereocenters. The molecule has 0 bridgehead atoms. The molecule has 1 heterocycles. The van der Waals surface area contributed by atoms with Crippen LogP contribution in [-0.4, -0.2) is 27.9 Å². The highest BCUT2D eigenvalue weighted by Gasteiger charge is 2.31. The van der Waals surface area contributed by atoms with Gasteiger partial charge in [0, 0.05) is 23.1 Å². The van der Waals surface area contributed by atoms with Crippen LogP contribution in [0.1, 0.15) is 23.2 Å². The summed E-state index contributed by atoms with van der Waals surface area (Å²) >= 11 is 6.00. The van der Waals surface area contributed by atoms with Gasteiger partial charge in [0.15, 0.2) is 0 Å². The maximum Gasteiger partial charge on any atom is 0.573 e. The molecule has 28 heavy (non-hydrogen) atoms. The fraction of sp³-hybridized carbons (Fsp3) is 0.250. The van der Waals surface area contributed by atoms with Gasteiger partial charge in [-0.2, -0.15) is 5.10 Å². The highest BCUT2D eigenvalue weighted by molar-refractivity contribution is 6.30. The van der Waals surface area contributed by atoms with Gasteiger partial charge in [-0.05, 0) is 54.8 Å². The van der Waals surface area contributed by atoms with Crippen molar-refractivity contribution in [2.75, 3.05) is 6.61 Å². The van der Waals surface area contributed by atoms with E-state index in [1.165, 1.54) is 12.1 Å². The molecule has 1 N–H and O–H groups in total. The van der Waals surface area contributed by atoms with Crippen molar-refractivity contribution >= 4 is 28.6 Å². The summed E-state index contributed by atoms with van der Waals surface area (Å²) in [5, 5.41) is 14.8. The molecular formula is C20H18ClF3N2O2. The monoisotopic (exact) mass is 410 g/mol. The normalized spacial score (nSPS) is 12.2. The maximum atomic E-state index is 12.6. The molecule has 3 rings (SSSR count). The van der Waals surface area contributed by atoms with E-state index in [1.807, 2.05) is 19.1 Å². The van der Waals surface area contributed by atoms with Crippen molar-refractivity contribution in [3.63, 3.8) is 0 Å². The number of aliphatic hydroxyl groups excluding tert-OH is 1. The first-order valence-electron chi connectivity index (χ1n) is 8.55. The molecule has 0 atom stereocenters. The Bertz CT molecular complexity index is 1010. The van der Waals surface area contributed by atoms with E-state index in [2.05, 4.69) is 9.84 Å². The third-order valence-corrected chi connectivity index (χ3v) is 4.42. The maximum absolute atomic E-state index is 12.6. The van der Waals surface area contributed by atoms with E-state index in [1.54, 1.807) is 29.0 Å². The van der Waals surface area contributed by atoms with Crippen molar-refractivity contribution in [3.8, 4) is 5.75 Å². The number of benzene rings is 2. The number of hydrogen-bond donors (Lipinski definition) is 1. The van der Waals surface area contributed by atoms with Crippen LogP contribution < -0.4 is 4.74 Å². The molecule has 4 nitrogen and oxygen atoms in total. The Kier molecular flexibility index (Phi) is 5.96. The van der Waals surface area contributed by atoms with Crippen molar-refractivity contribution in [2.24, 2.45) is 0 Å². The van der Waals surface area contributed by atoms with E-state index in [0.717, 1.165) is 11.1 Å². The predicted octanol–water partition coefficient (Wildman–Crippen LogP) is 5.34. The van der Waals surface area contributed by atoms with Crippen LogP contribution in [0.4, 0.5) is 13.2 Å². The molecule has 0 aliphatic rings. The molecule has 1 aromatic heterocycles. The lowest BCUT2D eigenvalue weighted by atomic mass is 10.1. The zero-order valence-electron chi connectivity index (χ0n) is 15.0. The van der Waals surface area contributed by atoms with E-state index < -0.39 is 6.36 Å². The molecule has 0 aliphatic carbocycles. The number of hydrogen-bond acceptors (Lipinski definition) is 3. The second-order valence-electron chi connectivity index (χ2n) is 6.26. The van der Waals surface area contributed by atoms with E-state index in [0.29, 0.717) is 34.6 Å². The highest BCUT2D eigenvalue weighted by atomic mass is 35.5. The Morgan fingerprint density at radius 1 is 1.21 bits per heavy atom. The van der Waals surface area contributed by atoms with Crippen LogP contribution in [0.15, 0.2) is 42.5 Å². The molecule has 0 spiro atoms. The highest BCUT2D eigenvalue weighted by Crippen LogP contribution is 2.29. The smallest absolute Gasteiger partial charge is 0.406 e. The summed E-state index contributed by atoms with van der Waals surface area (Å²) in [7, 11) is 0. The van der Waals surface area contributed by atoms with Gasteiger partial charge in [-0.1, -0.05) is 23.7 Å². The standard InChI is InChI=1S/C20H18ClF3N2O2/c1-13-10-15(21)6-5-14(13)12-26-19-11-16(28-20(22,23)24)7-8-17(19)18(25-26)4-2-3-9-27/h2,4-8,10-11,27H,3,9,12H2,1H3. The van der Waals surface area contributed by atoms with Crippen molar-refractivity contribution in [2.45, 2.75) is 26.3 Å². The average molecular weight is 411 g/mol. The summed E-state index contributed by atoms with van der Waals surface area (Å²) in [6.07, 6.45) is -0.803. The number of rotatable bonds is 6. The minimum Gasteiger partial charge on any atom is -0.406 e. The van der Waals surface area contributed by atoms with Crippen LogP contribution >= 0.6 is 11.6 Å². The molecule has 0 saturated heterocycles. The Hall–Kier alpha value is -2.51. The van der Waals surface area contributed by atoms with Gasteiger partial charge < -0.3 is 9.84 Å². The van der Waals surface area contributed by atoms with Crippen LogP contribution in [0, 0.1) is 6.92 Å². The number of aliphatic hydroxyl groups is 1. The van der Waals surface area contributed by atoms with Gasteiger partial charge in [-0.15, -0.1) is 13.2 Å². The lowest BCUT2D eigenvalue weighted by molar-refractivity contribution is -0.274. The van der Waals surface area contributed by atoms with E-state index in [4.69, 9.17) is 16.7 Å². The van der Waals surface area contributed by atoms with Gasteiger partial charge in [-0.3, -0.25) is 4.68 Å². The van der Waals surface area contributed by atoms with Gasteiger partial charge in [-0.25, -0.2) is 0 Å². The first-order valence-corrected chi connectivity index (χ1v) is 8.93. The summed E-state index contributed by atoms with van der Waals surface area (Å²) in [6, 6.07) is 9.58. The number of fused-ring (bicyclic) bond motifs is 1. The first-order chi connectivity index (χ1) is 13.3. The zero-order valence-corrected chi connectivity index (χ0v) is 15.8. The number of nitrogens with zero attached hydrogens (tertiary/aromatic N) is 2. The van der Waals surface area contributed by atoms with Crippen LogP contribution in [0.3, 0.4) is 0 Å². The molecule has 0 aliphatic heterocycles. The number of ether oxygens (including phenoxy) is 1. The fourth-order valence-electron chi connectivity index (χ4n) is 2.89. The third-order valence-electron chi connectivity index (χ3n) is 4.18. The van der Waals surface area contributed by atoms with Gasteiger partial charge >= 0.3 is 6.36 Å². The van der Waals surface area contributed by atoms with Crippen molar-refractivity contribution in [1.29, 1.82) is 0 Å². The summed E-state index contributed by atoms with van der Waals surface area (Å²) in [5.74, 6) is -0.306. The largest absolute Gasteiger partial charge is 0.573 e. The Balaban J connectivity index is 2.06. The van der Waals surface area contributed by atoms with Gasteiger partial charge in [0.05, 0.1) is 17.8 Å². The third kappa shape index (κ3) is 4.85. The Morgan fingerprint density at radius 2 is 2.00 bits per heavy atom. The molecule has 0 fully saturated rings. The summed E-state index contributed by atoms with van der Waals surface area (Å²) in [4.78, 5) is 0. The van der Waals surface area contributed by atoms with Gasteiger partial charge in [0.1, 0.15) is 5.75 Å². The quantitative estimate of drug-likeness (QED) is 0.596. The van der Waals surface area contributed by atoms with Crippen LogP contribution in [0.25, 0.3) is 17.0 Å². The van der Waals surface area contributed by atoms with Crippen LogP contribution in [0.2, 0.25) is 5.02 Å². The fourth-order valence-corrected chi connectivity index (χ4v) is 3.11. The molecule has 3 aromatic rings. The molecule has 0 amide bonds. The van der Waals surface area contributed by atoms with Crippen molar-refractivity contribution in [1.82, 2.24) is 9.78 Å². The first kappa shape index (κ1) is 20.2. The van der Waals surface area contributed by atoms with Crippen LogP contribution in [-0.2, 0) is 6.54 Å². The van der Waals surface area contributed by atoms with E-state index >= 15 is 0 Å². The average Bonchev–Trinajstić information content (AvgIpc) is 2.93. The van der Waals surface area contributed by atoms with E-state index in [-0.39, 0.29) is 12.4 Å². The molecule has 0 radical (unpaired) electrons. The van der Waals surface area contributed by atoms with Crippen LogP contribution in [0.5, 0.6) is 5.75 Å². The zero-order chi connectivity index (χ0) is 20.3. The molecule has 8 heteroatoms. The number of halogens is 4. The minimum absolute atomic E-state index is 0.00266. The number of alkyl halides is 3. The van der Waals surface area contributed by atoms with Gasteiger partial charge in [0.25, 0.3) is 0 Å². The second kappa shape index (κ2) is 8.24. The number of aromatic nitrogens is 2. The second-order valence-corrected chi connectivity index (χ2v) is 6.69. The lowest BCUT2D eigenvalue weighted by Gasteiger charge is -2.10.